The first-order valence-electron chi connectivity index (χ1n) is 7.51. The first-order chi connectivity index (χ1) is 11.7. The van der Waals surface area contributed by atoms with E-state index in [2.05, 4.69) is 5.16 Å². The molecule has 0 atom stereocenters. The molecule has 1 heterocycles. The van der Waals surface area contributed by atoms with Gasteiger partial charge in [0, 0.05) is 0 Å². The Morgan fingerprint density at radius 3 is 2.08 bits per heavy atom. The highest BCUT2D eigenvalue weighted by molar-refractivity contribution is 6.13. The van der Waals surface area contributed by atoms with Crippen LogP contribution in [-0.4, -0.2) is 36.5 Å². The van der Waals surface area contributed by atoms with Crippen molar-refractivity contribution < 1.29 is 37.1 Å². The van der Waals surface area contributed by atoms with Crippen molar-refractivity contribution in [2.75, 3.05) is 13.2 Å². The number of oxime groups is 1. The van der Waals surface area contributed by atoms with Gasteiger partial charge >= 0.3 is 23.7 Å². The third-order valence-electron chi connectivity index (χ3n) is 3.48. The maximum Gasteiger partial charge on any atom is 0.416 e. The molecule has 1 aromatic carbocycles. The maximum atomic E-state index is 12.6. The minimum Gasteiger partial charge on any atom is -0.462 e. The van der Waals surface area contributed by atoms with Crippen LogP contribution in [0.15, 0.2) is 29.4 Å². The van der Waals surface area contributed by atoms with E-state index in [1.165, 1.54) is 12.1 Å². The molecule has 1 aliphatic rings. The van der Waals surface area contributed by atoms with Crippen molar-refractivity contribution in [3.05, 3.63) is 35.4 Å². The van der Waals surface area contributed by atoms with Crippen molar-refractivity contribution in [3.8, 4) is 0 Å². The number of alkyl halides is 3. The molecule has 6 nitrogen and oxygen atoms in total. The minimum absolute atomic E-state index is 0.0129. The van der Waals surface area contributed by atoms with Crippen LogP contribution in [0.25, 0.3) is 0 Å². The number of hydrogen-bond acceptors (Lipinski definition) is 6. The molecule has 0 spiro atoms. The first-order valence-corrected chi connectivity index (χ1v) is 7.51. The van der Waals surface area contributed by atoms with Crippen LogP contribution in [0.3, 0.4) is 0 Å². The van der Waals surface area contributed by atoms with Crippen LogP contribution in [0, 0.1) is 0 Å². The monoisotopic (exact) mass is 359 g/mol. The predicted molar refractivity (Wildman–Crippen MR) is 79.7 cm³/mol. The van der Waals surface area contributed by atoms with Crippen molar-refractivity contribution in [2.24, 2.45) is 5.16 Å². The highest BCUT2D eigenvalue weighted by atomic mass is 19.4. The zero-order chi connectivity index (χ0) is 18.7. The molecule has 0 unspecified atom stereocenters. The maximum absolute atomic E-state index is 12.6. The Labute approximate surface area is 141 Å². The quantitative estimate of drug-likeness (QED) is 0.597. The molecule has 136 valence electrons. The molecule has 0 radical (unpaired) electrons. The predicted octanol–water partition coefficient (Wildman–Crippen LogP) is 2.69. The van der Waals surface area contributed by atoms with Crippen LogP contribution < -0.4 is 0 Å². The summed E-state index contributed by atoms with van der Waals surface area (Å²) in [4.78, 5) is 29.4. The van der Waals surface area contributed by atoms with Crippen molar-refractivity contribution in [3.63, 3.8) is 0 Å². The standard InChI is InChI=1S/C16H16F3NO5/c1-3-23-13(21)15(14(22)24-4-2)9-12(20-25-15)10-5-7-11(8-6-10)16(17,18)19/h5-8H,3-4,9H2,1-2H3. The van der Waals surface area contributed by atoms with Crippen molar-refractivity contribution in [1.29, 1.82) is 0 Å². The number of carbonyl (C=O) groups excluding carboxylic acids is 2. The van der Waals surface area contributed by atoms with Crippen molar-refractivity contribution in [1.82, 2.24) is 0 Å². The van der Waals surface area contributed by atoms with Gasteiger partial charge in [-0.2, -0.15) is 13.2 Å². The smallest absolute Gasteiger partial charge is 0.416 e. The number of esters is 2. The number of rotatable bonds is 5. The summed E-state index contributed by atoms with van der Waals surface area (Å²) in [6.07, 6.45) is -4.76. The number of halogens is 3. The van der Waals surface area contributed by atoms with Crippen LogP contribution in [0.4, 0.5) is 13.2 Å². The Morgan fingerprint density at radius 1 is 1.12 bits per heavy atom. The van der Waals surface area contributed by atoms with E-state index in [9.17, 15) is 22.8 Å². The van der Waals surface area contributed by atoms with E-state index < -0.39 is 29.3 Å². The van der Waals surface area contributed by atoms with Crippen LogP contribution in [0.1, 0.15) is 31.4 Å². The van der Waals surface area contributed by atoms with Gasteiger partial charge in [0.15, 0.2) is 0 Å². The Kier molecular flexibility index (Phi) is 5.34. The van der Waals surface area contributed by atoms with E-state index in [0.717, 1.165) is 12.1 Å². The van der Waals surface area contributed by atoms with Crippen molar-refractivity contribution in [2.45, 2.75) is 32.0 Å². The van der Waals surface area contributed by atoms with Gasteiger partial charge in [-0.25, -0.2) is 9.59 Å². The summed E-state index contributed by atoms with van der Waals surface area (Å²) in [6.45, 7) is 3.14. The molecule has 0 N–H and O–H groups in total. The number of nitrogens with zero attached hydrogens (tertiary/aromatic N) is 1. The summed E-state index contributed by atoms with van der Waals surface area (Å²) in [5.41, 5.74) is -2.46. The molecule has 0 amide bonds. The average molecular weight is 359 g/mol. The summed E-state index contributed by atoms with van der Waals surface area (Å²) in [6, 6.07) is 4.15. The molecule has 1 aromatic rings. The van der Waals surface area contributed by atoms with Gasteiger partial charge in [0.1, 0.15) is 0 Å². The number of hydrogen-bond donors (Lipinski definition) is 0. The Hall–Kier alpha value is -2.58. The zero-order valence-corrected chi connectivity index (χ0v) is 13.6. The van der Waals surface area contributed by atoms with E-state index in [1.54, 1.807) is 13.8 Å². The number of benzene rings is 1. The lowest BCUT2D eigenvalue weighted by Gasteiger charge is -2.21. The molecule has 0 saturated carbocycles. The van der Waals surface area contributed by atoms with Gasteiger partial charge in [0.2, 0.25) is 0 Å². The molecule has 9 heteroatoms. The van der Waals surface area contributed by atoms with Gasteiger partial charge in [-0.3, -0.25) is 0 Å². The summed E-state index contributed by atoms with van der Waals surface area (Å²) in [5.74, 6) is -1.92. The fourth-order valence-corrected chi connectivity index (χ4v) is 2.24. The number of carbonyl (C=O) groups is 2. The van der Waals surface area contributed by atoms with Crippen LogP contribution in [0.2, 0.25) is 0 Å². The van der Waals surface area contributed by atoms with Gasteiger partial charge in [0.25, 0.3) is 0 Å². The van der Waals surface area contributed by atoms with Crippen LogP contribution in [-0.2, 0) is 30.1 Å². The summed E-state index contributed by atoms with van der Waals surface area (Å²) >= 11 is 0. The average Bonchev–Trinajstić information content (AvgIpc) is 3.01. The van der Waals surface area contributed by atoms with Gasteiger partial charge in [0.05, 0.1) is 30.9 Å². The van der Waals surface area contributed by atoms with E-state index in [-0.39, 0.29) is 25.3 Å². The molecule has 25 heavy (non-hydrogen) atoms. The summed E-state index contributed by atoms with van der Waals surface area (Å²) in [5, 5.41) is 3.69. The summed E-state index contributed by atoms with van der Waals surface area (Å²) in [7, 11) is 0. The van der Waals surface area contributed by atoms with E-state index in [1.807, 2.05) is 0 Å². The molecule has 2 rings (SSSR count). The Balaban J connectivity index is 2.26. The lowest BCUT2D eigenvalue weighted by Crippen LogP contribution is -2.49. The van der Waals surface area contributed by atoms with Crippen LogP contribution >= 0.6 is 0 Å². The largest absolute Gasteiger partial charge is 0.462 e. The fourth-order valence-electron chi connectivity index (χ4n) is 2.24. The molecule has 1 aliphatic heterocycles. The van der Waals surface area contributed by atoms with Crippen molar-refractivity contribution >= 4 is 17.7 Å². The SMILES string of the molecule is CCOC(=O)C1(C(=O)OCC)CC(c2ccc(C(F)(F)F)cc2)=NO1. The van der Waals surface area contributed by atoms with E-state index >= 15 is 0 Å². The molecule has 0 bridgehead atoms. The highest BCUT2D eigenvalue weighted by Crippen LogP contribution is 2.32. The zero-order valence-electron chi connectivity index (χ0n) is 13.6. The molecular weight excluding hydrogens is 343 g/mol. The first kappa shape index (κ1) is 18.8. The van der Waals surface area contributed by atoms with E-state index in [4.69, 9.17) is 14.3 Å². The number of ether oxygens (including phenoxy) is 2. The Morgan fingerprint density at radius 2 is 1.64 bits per heavy atom. The Bertz CT molecular complexity index is 664. The fraction of sp³-hybridized carbons (Fsp3) is 0.438. The van der Waals surface area contributed by atoms with E-state index in [0.29, 0.717) is 5.56 Å². The van der Waals surface area contributed by atoms with Gasteiger partial charge < -0.3 is 14.3 Å². The second-order valence-corrected chi connectivity index (χ2v) is 5.15. The van der Waals surface area contributed by atoms with Gasteiger partial charge in [-0.15, -0.1) is 0 Å². The highest BCUT2D eigenvalue weighted by Gasteiger charge is 2.56. The third-order valence-corrected chi connectivity index (χ3v) is 3.48. The van der Waals surface area contributed by atoms with Gasteiger partial charge in [-0.05, 0) is 31.5 Å². The lowest BCUT2D eigenvalue weighted by atomic mass is 9.93. The summed E-state index contributed by atoms with van der Waals surface area (Å²) < 4.78 is 47.6. The second kappa shape index (κ2) is 7.12. The normalized spacial score (nSPS) is 16.0. The lowest BCUT2D eigenvalue weighted by molar-refractivity contribution is -0.187. The molecule has 0 aliphatic carbocycles. The second-order valence-electron chi connectivity index (χ2n) is 5.15. The topological polar surface area (TPSA) is 74.2 Å². The molecule has 0 aromatic heterocycles. The van der Waals surface area contributed by atoms with Gasteiger partial charge in [-0.1, -0.05) is 17.3 Å². The minimum atomic E-state index is -4.47. The molecule has 0 fully saturated rings. The van der Waals surface area contributed by atoms with Crippen LogP contribution in [0.5, 0.6) is 0 Å². The molecular formula is C16H16F3NO5. The third kappa shape index (κ3) is 3.75. The molecule has 0 saturated heterocycles.